The Hall–Kier alpha value is -2.41. The fourth-order valence-corrected chi connectivity index (χ4v) is 4.86. The van der Waals surface area contributed by atoms with Crippen LogP contribution in [0.5, 0.6) is 5.88 Å². The van der Waals surface area contributed by atoms with E-state index in [4.69, 9.17) is 4.74 Å². The molecule has 1 fully saturated rings. The van der Waals surface area contributed by atoms with E-state index >= 15 is 0 Å². The Bertz CT molecular complexity index is 868. The molecule has 3 rings (SSSR count). The number of aromatic nitrogens is 1. The summed E-state index contributed by atoms with van der Waals surface area (Å²) in [5.74, 6) is 0.128. The van der Waals surface area contributed by atoms with Crippen LogP contribution in [0.15, 0.2) is 48.7 Å². The molecule has 0 saturated carbocycles. The first-order valence-corrected chi connectivity index (χ1v) is 10.5. The minimum Gasteiger partial charge on any atom is -0.477 e. The van der Waals surface area contributed by atoms with E-state index in [1.807, 2.05) is 37.3 Å². The van der Waals surface area contributed by atoms with E-state index in [2.05, 4.69) is 4.98 Å². The van der Waals surface area contributed by atoms with Gasteiger partial charge in [-0.1, -0.05) is 30.3 Å². The molecule has 0 spiro atoms. The van der Waals surface area contributed by atoms with Crippen LogP contribution in [0, 0.1) is 0 Å². The van der Waals surface area contributed by atoms with Gasteiger partial charge in [0.05, 0.1) is 18.1 Å². The lowest BCUT2D eigenvalue weighted by Crippen LogP contribution is -2.40. The molecule has 0 N–H and O–H groups in total. The molecule has 1 aliphatic rings. The van der Waals surface area contributed by atoms with Crippen LogP contribution in [-0.2, 0) is 16.4 Å². The highest BCUT2D eigenvalue weighted by Gasteiger charge is 2.36. The average Bonchev–Trinajstić information content (AvgIpc) is 3.00. The molecule has 0 bridgehead atoms. The molecule has 2 heterocycles. The van der Waals surface area contributed by atoms with E-state index in [1.165, 1.54) is 0 Å². The first-order valence-electron chi connectivity index (χ1n) is 8.63. The molecule has 1 amide bonds. The Labute approximate surface area is 153 Å². The summed E-state index contributed by atoms with van der Waals surface area (Å²) in [4.78, 5) is 19.0. The third-order valence-corrected chi connectivity index (χ3v) is 6.14. The van der Waals surface area contributed by atoms with Crippen LogP contribution >= 0.6 is 0 Å². The van der Waals surface area contributed by atoms with Crippen molar-refractivity contribution in [3.63, 3.8) is 0 Å². The van der Waals surface area contributed by atoms with Gasteiger partial charge >= 0.3 is 0 Å². The predicted molar refractivity (Wildman–Crippen MR) is 98.8 cm³/mol. The molecular formula is C19H22N2O4S. The van der Waals surface area contributed by atoms with Gasteiger partial charge in [-0.3, -0.25) is 4.79 Å². The van der Waals surface area contributed by atoms with Gasteiger partial charge in [0.15, 0.2) is 9.84 Å². The molecule has 7 heteroatoms. The first kappa shape index (κ1) is 18.4. The molecule has 1 saturated heterocycles. The van der Waals surface area contributed by atoms with Crippen LogP contribution in [0.25, 0.3) is 0 Å². The summed E-state index contributed by atoms with van der Waals surface area (Å²) in [5, 5.41) is 0. The number of amides is 1. The highest BCUT2D eigenvalue weighted by atomic mass is 32.2. The highest BCUT2D eigenvalue weighted by Crippen LogP contribution is 2.25. The lowest BCUT2D eigenvalue weighted by Gasteiger charge is -2.29. The highest BCUT2D eigenvalue weighted by molar-refractivity contribution is 7.91. The van der Waals surface area contributed by atoms with Gasteiger partial charge in [-0.25, -0.2) is 13.4 Å². The molecule has 0 radical (unpaired) electrons. The number of hydrogen-bond donors (Lipinski definition) is 0. The van der Waals surface area contributed by atoms with Crippen molar-refractivity contribution in [3.8, 4) is 5.88 Å². The van der Waals surface area contributed by atoms with Crippen molar-refractivity contribution in [2.45, 2.75) is 25.9 Å². The van der Waals surface area contributed by atoms with E-state index in [0.717, 1.165) is 5.56 Å². The maximum absolute atomic E-state index is 13.3. The maximum Gasteiger partial charge on any atom is 0.259 e. The topological polar surface area (TPSA) is 76.6 Å². The van der Waals surface area contributed by atoms with E-state index in [1.54, 1.807) is 23.2 Å². The smallest absolute Gasteiger partial charge is 0.259 e. The van der Waals surface area contributed by atoms with Crippen molar-refractivity contribution in [3.05, 3.63) is 59.8 Å². The van der Waals surface area contributed by atoms with Crippen LogP contribution in [0.4, 0.5) is 0 Å². The van der Waals surface area contributed by atoms with Crippen LogP contribution < -0.4 is 4.74 Å². The number of ether oxygens (including phenoxy) is 1. The van der Waals surface area contributed by atoms with Gasteiger partial charge in [-0.2, -0.15) is 0 Å². The number of carbonyl (C=O) groups excluding carboxylic acids is 1. The monoisotopic (exact) mass is 374 g/mol. The van der Waals surface area contributed by atoms with Crippen LogP contribution in [0.1, 0.15) is 29.3 Å². The van der Waals surface area contributed by atoms with E-state index < -0.39 is 9.84 Å². The molecular weight excluding hydrogens is 352 g/mol. The first-order chi connectivity index (χ1) is 12.5. The second-order valence-corrected chi connectivity index (χ2v) is 8.49. The summed E-state index contributed by atoms with van der Waals surface area (Å²) in [6.07, 6.45) is 2.02. The van der Waals surface area contributed by atoms with Crippen molar-refractivity contribution < 1.29 is 17.9 Å². The van der Waals surface area contributed by atoms with Gasteiger partial charge in [0.25, 0.3) is 5.91 Å². The number of pyridine rings is 1. The van der Waals surface area contributed by atoms with Crippen LogP contribution in [-0.4, -0.2) is 48.4 Å². The molecule has 1 aromatic carbocycles. The third kappa shape index (κ3) is 4.22. The van der Waals surface area contributed by atoms with Crippen molar-refractivity contribution in [2.24, 2.45) is 0 Å². The number of nitrogens with zero attached hydrogens (tertiary/aromatic N) is 2. The van der Waals surface area contributed by atoms with E-state index in [9.17, 15) is 13.2 Å². The lowest BCUT2D eigenvalue weighted by molar-refractivity contribution is 0.0675. The zero-order chi connectivity index (χ0) is 18.6. The van der Waals surface area contributed by atoms with Crippen molar-refractivity contribution in [1.82, 2.24) is 9.88 Å². The summed E-state index contributed by atoms with van der Waals surface area (Å²) < 4.78 is 29.4. The van der Waals surface area contributed by atoms with Gasteiger partial charge in [0, 0.05) is 18.8 Å². The summed E-state index contributed by atoms with van der Waals surface area (Å²) in [6, 6.07) is 12.6. The quantitative estimate of drug-likeness (QED) is 0.775. The summed E-state index contributed by atoms with van der Waals surface area (Å²) >= 11 is 0. The Morgan fingerprint density at radius 1 is 1.23 bits per heavy atom. The Kier molecular flexibility index (Phi) is 5.56. The summed E-state index contributed by atoms with van der Waals surface area (Å²) in [6.45, 7) is 2.57. The maximum atomic E-state index is 13.3. The van der Waals surface area contributed by atoms with Crippen LogP contribution in [0.3, 0.4) is 0 Å². The molecule has 6 nitrogen and oxygen atoms in total. The van der Waals surface area contributed by atoms with Crippen molar-refractivity contribution in [1.29, 1.82) is 0 Å². The number of rotatable bonds is 6. The zero-order valence-corrected chi connectivity index (χ0v) is 15.5. The molecule has 2 aromatic rings. The number of carbonyl (C=O) groups is 1. The van der Waals surface area contributed by atoms with Gasteiger partial charge in [-0.15, -0.1) is 0 Å². The number of sulfone groups is 1. The number of hydrogen-bond acceptors (Lipinski definition) is 5. The predicted octanol–water partition coefficient (Wildman–Crippen LogP) is 2.31. The van der Waals surface area contributed by atoms with Crippen LogP contribution in [0.2, 0.25) is 0 Å². The Morgan fingerprint density at radius 2 is 2.00 bits per heavy atom. The summed E-state index contributed by atoms with van der Waals surface area (Å²) in [5.41, 5.74) is 1.31. The van der Waals surface area contributed by atoms with Gasteiger partial charge in [0.2, 0.25) is 5.88 Å². The van der Waals surface area contributed by atoms with Crippen molar-refractivity contribution in [2.75, 3.05) is 18.1 Å². The van der Waals surface area contributed by atoms with Gasteiger partial charge in [0.1, 0.15) is 5.56 Å². The molecule has 0 unspecified atom stereocenters. The Balaban J connectivity index is 1.93. The number of benzene rings is 1. The normalized spacial score (nSPS) is 18.4. The second kappa shape index (κ2) is 7.86. The van der Waals surface area contributed by atoms with Gasteiger partial charge in [-0.05, 0) is 31.0 Å². The van der Waals surface area contributed by atoms with E-state index in [-0.39, 0.29) is 29.3 Å². The molecule has 1 aliphatic heterocycles. The zero-order valence-electron chi connectivity index (χ0n) is 14.7. The minimum atomic E-state index is -3.11. The van der Waals surface area contributed by atoms with Gasteiger partial charge < -0.3 is 9.64 Å². The van der Waals surface area contributed by atoms with E-state index in [0.29, 0.717) is 25.1 Å². The third-order valence-electron chi connectivity index (χ3n) is 4.39. The minimum absolute atomic E-state index is 0.00416. The Morgan fingerprint density at radius 3 is 2.65 bits per heavy atom. The molecule has 1 atom stereocenters. The molecule has 26 heavy (non-hydrogen) atoms. The SMILES string of the molecule is CCOc1ncccc1C(=O)N(Cc1ccccc1)[C@@H]1CCS(=O)(=O)C1. The largest absolute Gasteiger partial charge is 0.477 e. The molecule has 0 aliphatic carbocycles. The second-order valence-electron chi connectivity index (χ2n) is 6.26. The molecule has 1 aromatic heterocycles. The summed E-state index contributed by atoms with van der Waals surface area (Å²) in [7, 11) is -3.11. The molecule has 138 valence electrons. The fraction of sp³-hybridized carbons (Fsp3) is 0.368. The standard InChI is InChI=1S/C19H22N2O4S/c1-2-25-18-17(9-6-11-20-18)19(22)21(13-15-7-4-3-5-8-15)16-10-12-26(23,24)14-16/h3-9,11,16H,2,10,12-14H2,1H3/t16-/m1/s1. The van der Waals surface area contributed by atoms with Crippen molar-refractivity contribution >= 4 is 15.7 Å². The lowest BCUT2D eigenvalue weighted by atomic mass is 10.1. The fourth-order valence-electron chi connectivity index (χ4n) is 3.13. The average molecular weight is 374 g/mol.